The summed E-state index contributed by atoms with van der Waals surface area (Å²) in [7, 11) is 0. The summed E-state index contributed by atoms with van der Waals surface area (Å²) in [6.45, 7) is 4.12. The lowest BCUT2D eigenvalue weighted by Gasteiger charge is -2.06. The van der Waals surface area contributed by atoms with Gasteiger partial charge in [0.05, 0.1) is 0 Å². The molecule has 4 aromatic rings. The third-order valence-electron chi connectivity index (χ3n) is 4.41. The number of benzene rings is 4. The van der Waals surface area contributed by atoms with Crippen molar-refractivity contribution in [2.75, 3.05) is 0 Å². The van der Waals surface area contributed by atoms with E-state index < -0.39 is 0 Å². The minimum absolute atomic E-state index is 0.846. The number of hydrogen-bond donors (Lipinski definition) is 0. The first-order chi connectivity index (χ1) is 15.0. The molecule has 0 unspecified atom stereocenters. The van der Waals surface area contributed by atoms with Gasteiger partial charge in [0.2, 0.25) is 0 Å². The summed E-state index contributed by atoms with van der Waals surface area (Å²) in [4.78, 5) is 0. The van der Waals surface area contributed by atoms with Crippen LogP contribution in [0.3, 0.4) is 0 Å². The van der Waals surface area contributed by atoms with Crippen LogP contribution >= 0.6 is 31.9 Å². The first-order valence-electron chi connectivity index (χ1n) is 9.83. The van der Waals surface area contributed by atoms with Gasteiger partial charge in [-0.15, -0.1) is 0 Å². The van der Waals surface area contributed by atoms with Gasteiger partial charge in [-0.25, -0.2) is 0 Å². The molecule has 0 aromatic heterocycles. The predicted octanol–water partition coefficient (Wildman–Crippen LogP) is 8.71. The molecule has 3 heteroatoms. The fourth-order valence-electron chi connectivity index (χ4n) is 2.65. The van der Waals surface area contributed by atoms with E-state index in [4.69, 9.17) is 4.74 Å². The number of ether oxygens (including phenoxy) is 1. The van der Waals surface area contributed by atoms with E-state index in [2.05, 4.69) is 63.6 Å². The van der Waals surface area contributed by atoms with Crippen LogP contribution in [0, 0.1) is 25.7 Å². The number of halogens is 2. The molecular weight excluding hydrogens is 512 g/mol. The maximum absolute atomic E-state index is 5.68. The molecule has 4 rings (SSSR count). The molecule has 0 heterocycles. The molecule has 31 heavy (non-hydrogen) atoms. The fraction of sp³-hybridized carbons (Fsp3) is 0.0714. The first kappa shape index (κ1) is 22.9. The van der Waals surface area contributed by atoms with Gasteiger partial charge in [0.15, 0.2) is 0 Å². The Hall–Kier alpha value is -2.80. The summed E-state index contributed by atoms with van der Waals surface area (Å²) < 4.78 is 7.87. The van der Waals surface area contributed by atoms with Crippen molar-refractivity contribution in [3.05, 3.63) is 128 Å². The molecule has 0 N–H and O–H groups in total. The Balaban J connectivity index is 0.000000176. The Morgan fingerprint density at radius 1 is 0.548 bits per heavy atom. The quantitative estimate of drug-likeness (QED) is 0.234. The van der Waals surface area contributed by atoms with E-state index in [0.717, 1.165) is 31.6 Å². The van der Waals surface area contributed by atoms with Crippen LogP contribution in [0.25, 0.3) is 0 Å². The summed E-state index contributed by atoms with van der Waals surface area (Å²) in [5, 5.41) is 0. The lowest BCUT2D eigenvalue weighted by molar-refractivity contribution is 0.482. The summed E-state index contributed by atoms with van der Waals surface area (Å²) >= 11 is 6.96. The van der Waals surface area contributed by atoms with Crippen LogP contribution in [0.4, 0.5) is 0 Å². The first-order valence-corrected chi connectivity index (χ1v) is 11.4. The van der Waals surface area contributed by atoms with Gasteiger partial charge in [-0.1, -0.05) is 86.2 Å². The van der Waals surface area contributed by atoms with Crippen LogP contribution in [0.15, 0.2) is 106 Å². The molecular formula is C28H22Br2O. The van der Waals surface area contributed by atoms with E-state index in [-0.39, 0.29) is 0 Å². The smallest absolute Gasteiger partial charge is 0.128 e. The summed E-state index contributed by atoms with van der Waals surface area (Å²) in [6.07, 6.45) is 0. The average Bonchev–Trinajstić information content (AvgIpc) is 2.79. The molecule has 154 valence electrons. The average molecular weight is 534 g/mol. The standard InChI is InChI=1S/C15H11Br.C13H11BrO/c1-12-11-14(9-10-15(12)16)8-7-13-5-3-2-4-6-13;1-10-7-8-12(9-13(10)14)15-11-5-3-2-4-6-11/h2-6,9-11H,1H3;2-9H,1H3. The summed E-state index contributed by atoms with van der Waals surface area (Å²) in [6, 6.07) is 31.9. The van der Waals surface area contributed by atoms with Crippen molar-refractivity contribution in [1.29, 1.82) is 0 Å². The normalized spacial score (nSPS) is 9.68. The molecule has 0 saturated heterocycles. The third kappa shape index (κ3) is 7.43. The van der Waals surface area contributed by atoms with Gasteiger partial charge in [-0.3, -0.25) is 0 Å². The minimum Gasteiger partial charge on any atom is -0.457 e. The van der Waals surface area contributed by atoms with Gasteiger partial charge in [-0.05, 0) is 79.6 Å². The second kappa shape index (κ2) is 11.6. The lowest BCUT2D eigenvalue weighted by Crippen LogP contribution is -1.84. The molecule has 0 atom stereocenters. The van der Waals surface area contributed by atoms with Crippen LogP contribution < -0.4 is 4.74 Å². The molecule has 0 amide bonds. The summed E-state index contributed by atoms with van der Waals surface area (Å²) in [5.74, 6) is 8.00. The Morgan fingerprint density at radius 2 is 1.19 bits per heavy atom. The monoisotopic (exact) mass is 532 g/mol. The third-order valence-corrected chi connectivity index (χ3v) is 6.15. The highest BCUT2D eigenvalue weighted by Crippen LogP contribution is 2.26. The van der Waals surface area contributed by atoms with Crippen molar-refractivity contribution >= 4 is 31.9 Å². The molecule has 1 nitrogen and oxygen atoms in total. The highest BCUT2D eigenvalue weighted by molar-refractivity contribution is 9.10. The number of para-hydroxylation sites is 1. The van der Waals surface area contributed by atoms with Gasteiger partial charge in [0.1, 0.15) is 11.5 Å². The Bertz CT molecular complexity index is 1190. The van der Waals surface area contributed by atoms with Gasteiger partial charge < -0.3 is 4.74 Å². The largest absolute Gasteiger partial charge is 0.457 e. The minimum atomic E-state index is 0.846. The van der Waals surface area contributed by atoms with Crippen LogP contribution in [0.5, 0.6) is 11.5 Å². The predicted molar refractivity (Wildman–Crippen MR) is 137 cm³/mol. The van der Waals surface area contributed by atoms with Crippen molar-refractivity contribution < 1.29 is 4.74 Å². The van der Waals surface area contributed by atoms with E-state index in [1.54, 1.807) is 0 Å². The van der Waals surface area contributed by atoms with Crippen molar-refractivity contribution in [2.24, 2.45) is 0 Å². The molecule has 0 aliphatic carbocycles. The zero-order chi connectivity index (χ0) is 22.1. The van der Waals surface area contributed by atoms with Crippen LogP contribution in [-0.2, 0) is 0 Å². The van der Waals surface area contributed by atoms with Crippen LogP contribution in [-0.4, -0.2) is 0 Å². The zero-order valence-electron chi connectivity index (χ0n) is 17.4. The zero-order valence-corrected chi connectivity index (χ0v) is 20.6. The molecule has 0 fully saturated rings. The highest BCUT2D eigenvalue weighted by atomic mass is 79.9. The molecule has 0 aliphatic rings. The molecule has 0 aliphatic heterocycles. The molecule has 0 bridgehead atoms. The van der Waals surface area contributed by atoms with Gasteiger partial charge in [0, 0.05) is 20.1 Å². The topological polar surface area (TPSA) is 9.23 Å². The van der Waals surface area contributed by atoms with Crippen molar-refractivity contribution in [2.45, 2.75) is 13.8 Å². The second-order valence-electron chi connectivity index (χ2n) is 6.91. The van der Waals surface area contributed by atoms with Gasteiger partial charge in [-0.2, -0.15) is 0 Å². The number of rotatable bonds is 2. The molecule has 4 aromatic carbocycles. The second-order valence-corrected chi connectivity index (χ2v) is 8.61. The maximum Gasteiger partial charge on any atom is 0.128 e. The van der Waals surface area contributed by atoms with E-state index >= 15 is 0 Å². The number of hydrogen-bond acceptors (Lipinski definition) is 1. The van der Waals surface area contributed by atoms with Crippen LogP contribution in [0.2, 0.25) is 0 Å². The fourth-order valence-corrected chi connectivity index (χ4v) is 3.25. The number of aryl methyl sites for hydroxylation is 2. The molecule has 0 radical (unpaired) electrons. The van der Waals surface area contributed by atoms with E-state index in [0.29, 0.717) is 0 Å². The van der Waals surface area contributed by atoms with Crippen LogP contribution in [0.1, 0.15) is 22.3 Å². The van der Waals surface area contributed by atoms with E-state index in [9.17, 15) is 0 Å². The van der Waals surface area contributed by atoms with Gasteiger partial charge >= 0.3 is 0 Å². The SMILES string of the molecule is Cc1cc(C#Cc2ccccc2)ccc1Br.Cc1ccc(Oc2ccccc2)cc1Br. The van der Waals surface area contributed by atoms with Crippen molar-refractivity contribution in [3.8, 4) is 23.3 Å². The van der Waals surface area contributed by atoms with E-state index in [1.807, 2.05) is 91.0 Å². The Morgan fingerprint density at radius 3 is 1.84 bits per heavy atom. The molecule has 0 spiro atoms. The highest BCUT2D eigenvalue weighted by Gasteiger charge is 1.99. The van der Waals surface area contributed by atoms with E-state index in [1.165, 1.54) is 11.1 Å². The van der Waals surface area contributed by atoms with Crippen molar-refractivity contribution in [1.82, 2.24) is 0 Å². The summed E-state index contributed by atoms with van der Waals surface area (Å²) in [5.41, 5.74) is 4.50. The molecule has 0 saturated carbocycles. The Kier molecular flexibility index (Phi) is 8.53. The Labute approximate surface area is 201 Å². The van der Waals surface area contributed by atoms with Crippen molar-refractivity contribution in [3.63, 3.8) is 0 Å². The van der Waals surface area contributed by atoms with Gasteiger partial charge in [0.25, 0.3) is 0 Å². The lowest BCUT2D eigenvalue weighted by atomic mass is 10.1. The maximum atomic E-state index is 5.68.